The van der Waals surface area contributed by atoms with Crippen molar-refractivity contribution >= 4 is 11.7 Å². The number of anilines is 1. The smallest absolute Gasteiger partial charge is 0.225 e. The predicted molar refractivity (Wildman–Crippen MR) is 77.4 cm³/mol. The highest BCUT2D eigenvalue weighted by molar-refractivity contribution is 5.93. The molecule has 20 heavy (non-hydrogen) atoms. The summed E-state index contributed by atoms with van der Waals surface area (Å²) in [6.07, 6.45) is 2.32. The Morgan fingerprint density at radius 2 is 2.05 bits per heavy atom. The van der Waals surface area contributed by atoms with Crippen LogP contribution >= 0.6 is 0 Å². The van der Waals surface area contributed by atoms with Crippen LogP contribution < -0.4 is 5.32 Å². The number of hydrogen-bond donors (Lipinski definition) is 1. The van der Waals surface area contributed by atoms with Gasteiger partial charge in [0.1, 0.15) is 0 Å². The molecule has 0 spiro atoms. The van der Waals surface area contributed by atoms with Crippen LogP contribution in [0.15, 0.2) is 22.8 Å². The molecule has 5 nitrogen and oxygen atoms in total. The lowest BCUT2D eigenvalue weighted by atomic mass is 10.0. The van der Waals surface area contributed by atoms with E-state index < -0.39 is 0 Å². The summed E-state index contributed by atoms with van der Waals surface area (Å²) < 4.78 is 4.76. The van der Waals surface area contributed by atoms with E-state index in [9.17, 15) is 4.79 Å². The van der Waals surface area contributed by atoms with E-state index in [2.05, 4.69) is 15.6 Å². The third-order valence-electron chi connectivity index (χ3n) is 3.28. The predicted octanol–water partition coefficient (Wildman–Crippen LogP) is 3.48. The van der Waals surface area contributed by atoms with Crippen molar-refractivity contribution in [2.75, 3.05) is 5.32 Å². The molecule has 106 valence electrons. The maximum Gasteiger partial charge on any atom is 0.225 e. The topological polar surface area (TPSA) is 68.0 Å². The second kappa shape index (κ2) is 6.32. The number of unbranched alkanes of at least 4 members (excludes halogenated alkanes) is 1. The van der Waals surface area contributed by atoms with Crippen LogP contribution in [0.1, 0.15) is 37.3 Å². The van der Waals surface area contributed by atoms with Gasteiger partial charge in [0.2, 0.25) is 11.7 Å². The van der Waals surface area contributed by atoms with E-state index in [-0.39, 0.29) is 5.91 Å². The number of carbonyl (C=O) groups is 1. The summed E-state index contributed by atoms with van der Waals surface area (Å²) in [7, 11) is 0. The molecule has 5 heteroatoms. The third kappa shape index (κ3) is 3.23. The minimum Gasteiger partial charge on any atom is -0.306 e. The monoisotopic (exact) mass is 273 g/mol. The Balaban J connectivity index is 2.19. The second-order valence-corrected chi connectivity index (χ2v) is 4.91. The van der Waals surface area contributed by atoms with Gasteiger partial charge in [-0.05, 0) is 47.8 Å². The molecule has 0 aliphatic carbocycles. The molecule has 0 atom stereocenters. The number of aromatic nitrogens is 2. The number of amides is 1. The summed E-state index contributed by atoms with van der Waals surface area (Å²) in [5.74, 6) is 0.321. The molecule has 2 rings (SSSR count). The fraction of sp³-hybridized carbons (Fsp3) is 0.400. The summed E-state index contributed by atoms with van der Waals surface area (Å²) in [5.41, 5.74) is 3.82. The van der Waals surface area contributed by atoms with Crippen LogP contribution in [-0.2, 0) is 4.79 Å². The first kappa shape index (κ1) is 14.2. The summed E-state index contributed by atoms with van der Waals surface area (Å²) >= 11 is 0. The maximum absolute atomic E-state index is 11.8. The van der Waals surface area contributed by atoms with Crippen molar-refractivity contribution in [2.45, 2.75) is 40.0 Å². The van der Waals surface area contributed by atoms with Crippen LogP contribution in [0.5, 0.6) is 0 Å². The maximum atomic E-state index is 11.8. The molecule has 0 saturated heterocycles. The molecule has 0 radical (unpaired) electrons. The molecule has 1 amide bonds. The van der Waals surface area contributed by atoms with Crippen molar-refractivity contribution in [3.8, 4) is 11.3 Å². The van der Waals surface area contributed by atoms with Crippen molar-refractivity contribution in [1.29, 1.82) is 0 Å². The Morgan fingerprint density at radius 3 is 2.75 bits per heavy atom. The number of nitrogens with one attached hydrogen (secondary N) is 1. The Labute approximate surface area is 118 Å². The van der Waals surface area contributed by atoms with Crippen molar-refractivity contribution < 1.29 is 9.42 Å². The van der Waals surface area contributed by atoms with Gasteiger partial charge in [-0.3, -0.25) is 4.79 Å². The van der Waals surface area contributed by atoms with Crippen LogP contribution in [-0.4, -0.2) is 16.2 Å². The van der Waals surface area contributed by atoms with Crippen LogP contribution in [0.25, 0.3) is 11.3 Å². The largest absolute Gasteiger partial charge is 0.306 e. The van der Waals surface area contributed by atoms with E-state index in [4.69, 9.17) is 4.63 Å². The molecular weight excluding hydrogens is 254 g/mol. The zero-order valence-corrected chi connectivity index (χ0v) is 12.1. The van der Waals surface area contributed by atoms with Gasteiger partial charge in [0.05, 0.1) is 0 Å². The van der Waals surface area contributed by atoms with Gasteiger partial charge < -0.3 is 5.32 Å². The van der Waals surface area contributed by atoms with E-state index >= 15 is 0 Å². The lowest BCUT2D eigenvalue weighted by molar-refractivity contribution is -0.116. The average Bonchev–Trinajstić information content (AvgIpc) is 2.87. The van der Waals surface area contributed by atoms with Crippen LogP contribution in [0.3, 0.4) is 0 Å². The van der Waals surface area contributed by atoms with Gasteiger partial charge in [0.25, 0.3) is 0 Å². The van der Waals surface area contributed by atoms with Crippen LogP contribution in [0, 0.1) is 13.8 Å². The van der Waals surface area contributed by atoms with Crippen molar-refractivity contribution in [3.05, 3.63) is 29.3 Å². The molecule has 1 heterocycles. The molecule has 1 aromatic carbocycles. The van der Waals surface area contributed by atoms with Gasteiger partial charge in [-0.2, -0.15) is 0 Å². The highest BCUT2D eigenvalue weighted by atomic mass is 16.6. The SMILES string of the molecule is CCCCC(=O)Nc1nonc1-c1ccc(C)c(C)c1. The average molecular weight is 273 g/mol. The van der Waals surface area contributed by atoms with E-state index in [0.717, 1.165) is 24.0 Å². The number of aryl methyl sites for hydroxylation is 2. The van der Waals surface area contributed by atoms with E-state index in [0.29, 0.717) is 17.9 Å². The summed E-state index contributed by atoms with van der Waals surface area (Å²) in [6.45, 7) is 6.13. The lowest BCUT2D eigenvalue weighted by Crippen LogP contribution is -2.12. The number of hydrogen-bond acceptors (Lipinski definition) is 4. The molecule has 0 saturated carbocycles. The van der Waals surface area contributed by atoms with Gasteiger partial charge in [0, 0.05) is 12.0 Å². The van der Waals surface area contributed by atoms with Crippen LogP contribution in [0.2, 0.25) is 0 Å². The minimum atomic E-state index is -0.0624. The molecular formula is C15H19N3O2. The molecule has 0 bridgehead atoms. The molecule has 1 N–H and O–H groups in total. The molecule has 0 unspecified atom stereocenters. The van der Waals surface area contributed by atoms with Gasteiger partial charge in [-0.1, -0.05) is 25.5 Å². The Bertz CT molecular complexity index is 605. The molecule has 2 aromatic rings. The standard InChI is InChI=1S/C15H19N3O2/c1-4-5-6-13(19)16-15-14(17-20-18-15)12-8-7-10(2)11(3)9-12/h7-9H,4-6H2,1-3H3,(H,16,18,19). The molecule has 0 aliphatic heterocycles. The number of rotatable bonds is 5. The number of benzene rings is 1. The Hall–Kier alpha value is -2.17. The minimum absolute atomic E-state index is 0.0624. The zero-order chi connectivity index (χ0) is 14.5. The highest BCUT2D eigenvalue weighted by Crippen LogP contribution is 2.26. The van der Waals surface area contributed by atoms with Gasteiger partial charge in [-0.25, -0.2) is 4.63 Å². The fourth-order valence-corrected chi connectivity index (χ4v) is 1.88. The van der Waals surface area contributed by atoms with Gasteiger partial charge >= 0.3 is 0 Å². The summed E-state index contributed by atoms with van der Waals surface area (Å²) in [5, 5.41) is 10.4. The Morgan fingerprint density at radius 1 is 1.25 bits per heavy atom. The van der Waals surface area contributed by atoms with E-state index in [1.807, 2.05) is 39.0 Å². The quantitative estimate of drug-likeness (QED) is 0.905. The van der Waals surface area contributed by atoms with E-state index in [1.165, 1.54) is 5.56 Å². The van der Waals surface area contributed by atoms with Gasteiger partial charge in [-0.15, -0.1) is 0 Å². The first-order valence-electron chi connectivity index (χ1n) is 6.82. The second-order valence-electron chi connectivity index (χ2n) is 4.91. The normalized spacial score (nSPS) is 10.6. The van der Waals surface area contributed by atoms with Crippen molar-refractivity contribution in [2.24, 2.45) is 0 Å². The first-order valence-corrected chi connectivity index (χ1v) is 6.82. The molecule has 1 aromatic heterocycles. The number of carbonyl (C=O) groups excluding carboxylic acids is 1. The lowest BCUT2D eigenvalue weighted by Gasteiger charge is -2.05. The van der Waals surface area contributed by atoms with Gasteiger partial charge in [0.15, 0.2) is 5.69 Å². The zero-order valence-electron chi connectivity index (χ0n) is 12.1. The molecule has 0 fully saturated rings. The fourth-order valence-electron chi connectivity index (χ4n) is 1.88. The molecule has 0 aliphatic rings. The van der Waals surface area contributed by atoms with Crippen molar-refractivity contribution in [3.63, 3.8) is 0 Å². The summed E-state index contributed by atoms with van der Waals surface area (Å²) in [4.78, 5) is 11.8. The van der Waals surface area contributed by atoms with Crippen LogP contribution in [0.4, 0.5) is 5.82 Å². The first-order chi connectivity index (χ1) is 9.61. The van der Waals surface area contributed by atoms with Crippen molar-refractivity contribution in [1.82, 2.24) is 10.3 Å². The van der Waals surface area contributed by atoms with E-state index in [1.54, 1.807) is 0 Å². The number of nitrogens with zero attached hydrogens (tertiary/aromatic N) is 2. The third-order valence-corrected chi connectivity index (χ3v) is 3.28. The highest BCUT2D eigenvalue weighted by Gasteiger charge is 2.15. The summed E-state index contributed by atoms with van der Waals surface area (Å²) in [6, 6.07) is 5.97. The Kier molecular flexibility index (Phi) is 4.50.